The smallest absolute Gasteiger partial charge is 0.262 e. The molecule has 0 atom stereocenters. The van der Waals surface area contributed by atoms with Crippen LogP contribution in [0.2, 0.25) is 0 Å². The average Bonchev–Trinajstić information content (AvgIpc) is 2.74. The lowest BCUT2D eigenvalue weighted by Gasteiger charge is -2.12. The number of hydrogen-bond donors (Lipinski definition) is 2. The van der Waals surface area contributed by atoms with Crippen molar-refractivity contribution in [2.75, 3.05) is 31.5 Å². The Morgan fingerprint density at radius 2 is 1.57 bits per heavy atom. The molecule has 0 aliphatic heterocycles. The van der Waals surface area contributed by atoms with Crippen LogP contribution >= 0.6 is 0 Å². The molecule has 3 aromatic rings. The summed E-state index contributed by atoms with van der Waals surface area (Å²) in [5.74, 6) is 2.14. The molecule has 28 heavy (non-hydrogen) atoms. The molecule has 0 saturated carbocycles. The van der Waals surface area contributed by atoms with Gasteiger partial charge in [0.05, 0.1) is 31.8 Å². The minimum Gasteiger partial charge on any atom is -0.495 e. The number of para-hydroxylation sites is 4. The van der Waals surface area contributed by atoms with Gasteiger partial charge in [0.1, 0.15) is 11.6 Å². The first kappa shape index (κ1) is 19.0. The monoisotopic (exact) mass is 379 g/mol. The average molecular weight is 379 g/mol. The fourth-order valence-corrected chi connectivity index (χ4v) is 2.51. The van der Waals surface area contributed by atoms with E-state index in [2.05, 4.69) is 15.6 Å². The molecule has 1 aromatic heterocycles. The summed E-state index contributed by atoms with van der Waals surface area (Å²) in [6, 6.07) is 18.2. The van der Waals surface area contributed by atoms with Crippen molar-refractivity contribution < 1.29 is 19.0 Å². The predicted molar refractivity (Wildman–Crippen MR) is 108 cm³/mol. The SMILES string of the molecule is COc1ccccc1Nc1ccc(NC(=O)COc2ccccc2OC)cn1. The zero-order valence-corrected chi connectivity index (χ0v) is 15.6. The summed E-state index contributed by atoms with van der Waals surface area (Å²) >= 11 is 0. The lowest BCUT2D eigenvalue weighted by atomic mass is 10.3. The molecule has 0 fully saturated rings. The molecule has 0 bridgehead atoms. The zero-order chi connectivity index (χ0) is 19.8. The molecule has 1 amide bonds. The molecule has 0 aliphatic carbocycles. The Kier molecular flexibility index (Phi) is 6.30. The van der Waals surface area contributed by atoms with Gasteiger partial charge in [0.25, 0.3) is 5.91 Å². The standard InChI is InChI=1S/C21H21N3O4/c1-26-17-8-4-3-7-16(17)24-20-12-11-15(13-22-20)23-21(25)14-28-19-10-6-5-9-18(19)27-2/h3-13H,14H2,1-2H3,(H,22,24)(H,23,25). The molecule has 7 nitrogen and oxygen atoms in total. The molecule has 144 valence electrons. The van der Waals surface area contributed by atoms with Gasteiger partial charge in [0.15, 0.2) is 18.1 Å². The van der Waals surface area contributed by atoms with Gasteiger partial charge in [-0.15, -0.1) is 0 Å². The van der Waals surface area contributed by atoms with Gasteiger partial charge in [-0.2, -0.15) is 0 Å². The van der Waals surface area contributed by atoms with Gasteiger partial charge in [0, 0.05) is 0 Å². The Hall–Kier alpha value is -3.74. The van der Waals surface area contributed by atoms with E-state index in [4.69, 9.17) is 14.2 Å². The van der Waals surface area contributed by atoms with Gasteiger partial charge in [-0.05, 0) is 36.4 Å². The molecule has 2 N–H and O–H groups in total. The molecular formula is C21H21N3O4. The van der Waals surface area contributed by atoms with Crippen molar-refractivity contribution in [2.45, 2.75) is 0 Å². The summed E-state index contributed by atoms with van der Waals surface area (Å²) in [4.78, 5) is 16.4. The van der Waals surface area contributed by atoms with Gasteiger partial charge >= 0.3 is 0 Å². The summed E-state index contributed by atoms with van der Waals surface area (Å²) in [7, 11) is 3.16. The number of ether oxygens (including phenoxy) is 3. The first-order chi connectivity index (χ1) is 13.7. The third-order valence-electron chi connectivity index (χ3n) is 3.84. The maximum Gasteiger partial charge on any atom is 0.262 e. The highest BCUT2D eigenvalue weighted by Gasteiger charge is 2.08. The number of carbonyl (C=O) groups excluding carboxylic acids is 1. The molecule has 0 radical (unpaired) electrons. The molecule has 7 heteroatoms. The Bertz CT molecular complexity index is 929. The van der Waals surface area contributed by atoms with Gasteiger partial charge in [-0.1, -0.05) is 24.3 Å². The summed E-state index contributed by atoms with van der Waals surface area (Å²) in [6.45, 7) is -0.137. The number of pyridine rings is 1. The topological polar surface area (TPSA) is 81.7 Å². The van der Waals surface area contributed by atoms with E-state index in [-0.39, 0.29) is 12.5 Å². The predicted octanol–water partition coefficient (Wildman–Crippen LogP) is 3.86. The normalized spacial score (nSPS) is 10.1. The Labute approximate surface area is 163 Å². The molecular weight excluding hydrogens is 358 g/mol. The van der Waals surface area contributed by atoms with Crippen molar-refractivity contribution in [2.24, 2.45) is 0 Å². The summed E-state index contributed by atoms with van der Waals surface area (Å²) in [5.41, 5.74) is 1.37. The number of rotatable bonds is 8. The van der Waals surface area contributed by atoms with Crippen molar-refractivity contribution in [3.63, 3.8) is 0 Å². The van der Waals surface area contributed by atoms with Crippen molar-refractivity contribution in [1.82, 2.24) is 4.98 Å². The highest BCUT2D eigenvalue weighted by molar-refractivity contribution is 5.91. The molecule has 0 unspecified atom stereocenters. The van der Waals surface area contributed by atoms with E-state index in [1.165, 1.54) is 0 Å². The van der Waals surface area contributed by atoms with Crippen LogP contribution in [0, 0.1) is 0 Å². The van der Waals surface area contributed by atoms with Crippen LogP contribution in [-0.2, 0) is 4.79 Å². The molecule has 0 saturated heterocycles. The van der Waals surface area contributed by atoms with Crippen LogP contribution in [0.15, 0.2) is 66.9 Å². The lowest BCUT2D eigenvalue weighted by molar-refractivity contribution is -0.118. The molecule has 1 heterocycles. The van der Waals surface area contributed by atoms with Crippen LogP contribution in [0.1, 0.15) is 0 Å². The van der Waals surface area contributed by atoms with Gasteiger partial charge in [-0.3, -0.25) is 4.79 Å². The Morgan fingerprint density at radius 1 is 0.893 bits per heavy atom. The van der Waals surface area contributed by atoms with E-state index in [1.54, 1.807) is 44.7 Å². The van der Waals surface area contributed by atoms with Gasteiger partial charge < -0.3 is 24.8 Å². The quantitative estimate of drug-likeness (QED) is 0.619. The number of carbonyl (C=O) groups is 1. The van der Waals surface area contributed by atoms with Crippen LogP contribution in [0.3, 0.4) is 0 Å². The van der Waals surface area contributed by atoms with Crippen LogP contribution in [0.25, 0.3) is 0 Å². The van der Waals surface area contributed by atoms with Crippen molar-refractivity contribution in [3.05, 3.63) is 66.9 Å². The fraction of sp³-hybridized carbons (Fsp3) is 0.143. The number of hydrogen-bond acceptors (Lipinski definition) is 6. The zero-order valence-electron chi connectivity index (χ0n) is 15.6. The number of aromatic nitrogens is 1. The summed E-state index contributed by atoms with van der Waals surface area (Å²) in [6.07, 6.45) is 1.57. The van der Waals surface area contributed by atoms with Gasteiger partial charge in [-0.25, -0.2) is 4.98 Å². The molecule has 2 aromatic carbocycles. The maximum atomic E-state index is 12.1. The number of benzene rings is 2. The fourth-order valence-electron chi connectivity index (χ4n) is 2.51. The lowest BCUT2D eigenvalue weighted by Crippen LogP contribution is -2.20. The van der Waals surface area contributed by atoms with E-state index in [9.17, 15) is 4.79 Å². The highest BCUT2D eigenvalue weighted by atomic mass is 16.5. The Morgan fingerprint density at radius 3 is 2.25 bits per heavy atom. The molecule has 0 spiro atoms. The van der Waals surface area contributed by atoms with E-state index in [0.717, 1.165) is 11.4 Å². The van der Waals surface area contributed by atoms with Gasteiger partial charge in [0.2, 0.25) is 0 Å². The number of nitrogens with zero attached hydrogens (tertiary/aromatic N) is 1. The second-order valence-corrected chi connectivity index (χ2v) is 5.75. The number of amides is 1. The largest absolute Gasteiger partial charge is 0.495 e. The minimum atomic E-state index is -0.293. The third kappa shape index (κ3) is 4.91. The summed E-state index contributed by atoms with van der Waals surface area (Å²) in [5, 5.41) is 5.92. The van der Waals surface area contributed by atoms with Crippen molar-refractivity contribution in [1.29, 1.82) is 0 Å². The van der Waals surface area contributed by atoms with E-state index in [1.807, 2.05) is 36.4 Å². The number of anilines is 3. The van der Waals surface area contributed by atoms with Crippen molar-refractivity contribution in [3.8, 4) is 17.2 Å². The second-order valence-electron chi connectivity index (χ2n) is 5.75. The van der Waals surface area contributed by atoms with Crippen LogP contribution in [0.5, 0.6) is 17.2 Å². The minimum absolute atomic E-state index is 0.137. The van der Waals surface area contributed by atoms with E-state index in [0.29, 0.717) is 23.0 Å². The first-order valence-corrected chi connectivity index (χ1v) is 8.61. The Balaban J connectivity index is 1.56. The van der Waals surface area contributed by atoms with E-state index < -0.39 is 0 Å². The number of methoxy groups -OCH3 is 2. The first-order valence-electron chi connectivity index (χ1n) is 8.61. The second kappa shape index (κ2) is 9.27. The molecule has 3 rings (SSSR count). The maximum absolute atomic E-state index is 12.1. The van der Waals surface area contributed by atoms with Crippen molar-refractivity contribution >= 4 is 23.1 Å². The summed E-state index contributed by atoms with van der Waals surface area (Å²) < 4.78 is 16.0. The van der Waals surface area contributed by atoms with Crippen LogP contribution in [0.4, 0.5) is 17.2 Å². The molecule has 0 aliphatic rings. The van der Waals surface area contributed by atoms with E-state index >= 15 is 0 Å². The highest BCUT2D eigenvalue weighted by Crippen LogP contribution is 2.27. The van der Waals surface area contributed by atoms with Crippen LogP contribution < -0.4 is 24.8 Å². The third-order valence-corrected chi connectivity index (χ3v) is 3.84. The number of nitrogens with one attached hydrogen (secondary N) is 2. The van der Waals surface area contributed by atoms with Crippen LogP contribution in [-0.4, -0.2) is 31.7 Å².